The fourth-order valence-electron chi connectivity index (χ4n) is 2.96. The molecule has 126 valence electrons. The molecule has 0 aromatic heterocycles. The standard InChI is InChI=1S/C19H21FN2O2/c1-13-6-7-16(20)15(12-13)19(24)21-17-4-2-3-5-18(17)22-10-8-14(23)9-11-22/h2-7,12,14,23H,8-11H2,1H3,(H,21,24). The molecule has 0 radical (unpaired) electrons. The van der Waals surface area contributed by atoms with Crippen molar-refractivity contribution in [3.8, 4) is 0 Å². The number of nitrogens with one attached hydrogen (secondary N) is 1. The molecule has 3 rings (SSSR count). The summed E-state index contributed by atoms with van der Waals surface area (Å²) in [5.41, 5.74) is 2.42. The Hall–Kier alpha value is -2.40. The van der Waals surface area contributed by atoms with Crippen LogP contribution in [-0.2, 0) is 0 Å². The summed E-state index contributed by atoms with van der Waals surface area (Å²) in [6.45, 7) is 3.28. The van der Waals surface area contributed by atoms with Gasteiger partial charge in [-0.2, -0.15) is 0 Å². The van der Waals surface area contributed by atoms with Gasteiger partial charge in [0.15, 0.2) is 0 Å². The quantitative estimate of drug-likeness (QED) is 0.908. The molecule has 1 fully saturated rings. The van der Waals surface area contributed by atoms with E-state index in [1.807, 2.05) is 31.2 Å². The minimum atomic E-state index is -0.531. The first-order valence-electron chi connectivity index (χ1n) is 8.14. The average Bonchev–Trinajstić information content (AvgIpc) is 2.58. The van der Waals surface area contributed by atoms with Gasteiger partial charge in [-0.1, -0.05) is 23.8 Å². The molecule has 0 aliphatic carbocycles. The molecule has 0 saturated carbocycles. The van der Waals surface area contributed by atoms with Crippen LogP contribution >= 0.6 is 0 Å². The number of carbonyl (C=O) groups is 1. The van der Waals surface area contributed by atoms with Crippen molar-refractivity contribution in [2.75, 3.05) is 23.3 Å². The minimum Gasteiger partial charge on any atom is -0.393 e. The summed E-state index contributed by atoms with van der Waals surface area (Å²) < 4.78 is 13.9. The van der Waals surface area contributed by atoms with Gasteiger partial charge in [0.2, 0.25) is 0 Å². The highest BCUT2D eigenvalue weighted by Gasteiger charge is 2.20. The third-order valence-corrected chi connectivity index (χ3v) is 4.32. The van der Waals surface area contributed by atoms with Gasteiger partial charge >= 0.3 is 0 Å². The molecule has 0 bridgehead atoms. The molecule has 4 nitrogen and oxygen atoms in total. The van der Waals surface area contributed by atoms with Gasteiger partial charge in [0.25, 0.3) is 5.91 Å². The van der Waals surface area contributed by atoms with E-state index >= 15 is 0 Å². The van der Waals surface area contributed by atoms with Crippen LogP contribution < -0.4 is 10.2 Å². The molecule has 2 aromatic rings. The first-order chi connectivity index (χ1) is 11.5. The maximum absolute atomic E-state index is 13.9. The number of aryl methyl sites for hydroxylation is 1. The molecule has 1 saturated heterocycles. The van der Waals surface area contributed by atoms with Crippen molar-refractivity contribution in [1.29, 1.82) is 0 Å². The Bertz CT molecular complexity index is 740. The number of amides is 1. The maximum Gasteiger partial charge on any atom is 0.258 e. The Labute approximate surface area is 140 Å². The number of rotatable bonds is 3. The number of nitrogens with zero attached hydrogens (tertiary/aromatic N) is 1. The smallest absolute Gasteiger partial charge is 0.258 e. The van der Waals surface area contributed by atoms with Gasteiger partial charge in [0.05, 0.1) is 23.0 Å². The van der Waals surface area contributed by atoms with Crippen LogP contribution in [0.4, 0.5) is 15.8 Å². The maximum atomic E-state index is 13.9. The van der Waals surface area contributed by atoms with E-state index in [0.29, 0.717) is 18.5 Å². The molecule has 2 aromatic carbocycles. The highest BCUT2D eigenvalue weighted by Crippen LogP contribution is 2.29. The van der Waals surface area contributed by atoms with Crippen LogP contribution in [-0.4, -0.2) is 30.2 Å². The van der Waals surface area contributed by atoms with Gasteiger partial charge in [0.1, 0.15) is 5.82 Å². The molecule has 24 heavy (non-hydrogen) atoms. The zero-order valence-electron chi connectivity index (χ0n) is 13.6. The first-order valence-corrected chi connectivity index (χ1v) is 8.14. The normalized spacial score (nSPS) is 15.4. The van der Waals surface area contributed by atoms with Crippen molar-refractivity contribution in [3.05, 3.63) is 59.4 Å². The summed E-state index contributed by atoms with van der Waals surface area (Å²) >= 11 is 0. The van der Waals surface area contributed by atoms with Crippen LogP contribution in [0.3, 0.4) is 0 Å². The van der Waals surface area contributed by atoms with E-state index in [1.165, 1.54) is 6.07 Å². The second-order valence-corrected chi connectivity index (χ2v) is 6.17. The lowest BCUT2D eigenvalue weighted by atomic mass is 10.1. The van der Waals surface area contributed by atoms with Crippen LogP contribution in [0.5, 0.6) is 0 Å². The first kappa shape index (κ1) is 16.5. The second kappa shape index (κ2) is 7.01. The summed E-state index contributed by atoms with van der Waals surface area (Å²) in [6.07, 6.45) is 1.15. The number of hydrogen-bond acceptors (Lipinski definition) is 3. The zero-order valence-corrected chi connectivity index (χ0v) is 13.6. The van der Waals surface area contributed by atoms with Crippen molar-refractivity contribution >= 4 is 17.3 Å². The average molecular weight is 328 g/mol. The monoisotopic (exact) mass is 328 g/mol. The van der Waals surface area contributed by atoms with Gasteiger partial charge in [-0.25, -0.2) is 4.39 Å². The largest absolute Gasteiger partial charge is 0.393 e. The van der Waals surface area contributed by atoms with Crippen molar-refractivity contribution < 1.29 is 14.3 Å². The zero-order chi connectivity index (χ0) is 17.1. The van der Waals surface area contributed by atoms with Crippen LogP contribution in [0.15, 0.2) is 42.5 Å². The minimum absolute atomic E-state index is 0.0406. The molecule has 2 N–H and O–H groups in total. The predicted molar refractivity (Wildman–Crippen MR) is 93.0 cm³/mol. The third-order valence-electron chi connectivity index (χ3n) is 4.32. The summed E-state index contributed by atoms with van der Waals surface area (Å²) in [5, 5.41) is 12.5. The second-order valence-electron chi connectivity index (χ2n) is 6.17. The molecule has 1 amide bonds. The summed E-state index contributed by atoms with van der Waals surface area (Å²) in [5.74, 6) is -0.989. The lowest BCUT2D eigenvalue weighted by molar-refractivity contribution is 0.102. The predicted octanol–water partition coefficient (Wildman–Crippen LogP) is 3.35. The SMILES string of the molecule is Cc1ccc(F)c(C(=O)Nc2ccccc2N2CCC(O)CC2)c1. The molecular weight excluding hydrogens is 307 g/mol. The van der Waals surface area contributed by atoms with E-state index in [1.54, 1.807) is 12.1 Å². The number of hydrogen-bond donors (Lipinski definition) is 2. The van der Waals surface area contributed by atoms with E-state index in [-0.39, 0.29) is 11.7 Å². The molecule has 1 aliphatic heterocycles. The van der Waals surface area contributed by atoms with Crippen LogP contribution in [0.25, 0.3) is 0 Å². The number of carbonyl (C=O) groups excluding carboxylic acids is 1. The number of aliphatic hydroxyl groups excluding tert-OH is 1. The highest BCUT2D eigenvalue weighted by molar-refractivity contribution is 6.06. The van der Waals surface area contributed by atoms with Gasteiger partial charge in [-0.15, -0.1) is 0 Å². The Morgan fingerprint density at radius 1 is 1.21 bits per heavy atom. The van der Waals surface area contributed by atoms with Crippen molar-refractivity contribution in [2.45, 2.75) is 25.9 Å². The lowest BCUT2D eigenvalue weighted by Gasteiger charge is -2.32. The van der Waals surface area contributed by atoms with E-state index < -0.39 is 11.7 Å². The Morgan fingerprint density at radius 2 is 1.92 bits per heavy atom. The van der Waals surface area contributed by atoms with Crippen molar-refractivity contribution in [1.82, 2.24) is 0 Å². The van der Waals surface area contributed by atoms with Crippen LogP contribution in [0.2, 0.25) is 0 Å². The Kier molecular flexibility index (Phi) is 4.81. The molecule has 1 aliphatic rings. The number of benzene rings is 2. The number of aliphatic hydroxyl groups is 1. The van der Waals surface area contributed by atoms with Gasteiger partial charge in [-0.3, -0.25) is 4.79 Å². The van der Waals surface area contributed by atoms with E-state index in [2.05, 4.69) is 10.2 Å². The molecule has 5 heteroatoms. The summed E-state index contributed by atoms with van der Waals surface area (Å²) in [4.78, 5) is 14.6. The Balaban J connectivity index is 1.82. The topological polar surface area (TPSA) is 52.6 Å². The van der Waals surface area contributed by atoms with E-state index in [4.69, 9.17) is 0 Å². The Morgan fingerprint density at radius 3 is 2.67 bits per heavy atom. The number of piperidine rings is 1. The van der Waals surface area contributed by atoms with E-state index in [0.717, 1.165) is 24.3 Å². The molecule has 0 spiro atoms. The van der Waals surface area contributed by atoms with Crippen LogP contribution in [0.1, 0.15) is 28.8 Å². The van der Waals surface area contributed by atoms with Gasteiger partial charge in [0, 0.05) is 13.1 Å². The van der Waals surface area contributed by atoms with Gasteiger partial charge < -0.3 is 15.3 Å². The number of anilines is 2. The number of para-hydroxylation sites is 2. The van der Waals surface area contributed by atoms with Crippen molar-refractivity contribution in [3.63, 3.8) is 0 Å². The van der Waals surface area contributed by atoms with E-state index in [9.17, 15) is 14.3 Å². The van der Waals surface area contributed by atoms with Gasteiger partial charge in [-0.05, 0) is 44.0 Å². The van der Waals surface area contributed by atoms with Crippen molar-refractivity contribution in [2.24, 2.45) is 0 Å². The molecule has 0 atom stereocenters. The summed E-state index contributed by atoms with van der Waals surface area (Å²) in [7, 11) is 0. The van der Waals surface area contributed by atoms with Crippen LogP contribution in [0, 0.1) is 12.7 Å². The summed E-state index contributed by atoms with van der Waals surface area (Å²) in [6, 6.07) is 12.0. The number of halogens is 1. The third kappa shape index (κ3) is 3.57. The lowest BCUT2D eigenvalue weighted by Crippen LogP contribution is -2.36. The molecular formula is C19H21FN2O2. The fraction of sp³-hybridized carbons (Fsp3) is 0.316. The molecule has 1 heterocycles. The fourth-order valence-corrected chi connectivity index (χ4v) is 2.96. The highest BCUT2D eigenvalue weighted by atomic mass is 19.1. The molecule has 0 unspecified atom stereocenters.